The number of hydrogen-bond donors (Lipinski definition) is 3. The van der Waals surface area contributed by atoms with Crippen LogP contribution in [0.15, 0.2) is 42.5 Å². The summed E-state index contributed by atoms with van der Waals surface area (Å²) < 4.78 is 32.8. The quantitative estimate of drug-likeness (QED) is 0.440. The van der Waals surface area contributed by atoms with Crippen molar-refractivity contribution in [1.82, 2.24) is 20.2 Å². The molecule has 0 saturated carbocycles. The van der Waals surface area contributed by atoms with Gasteiger partial charge in [0.15, 0.2) is 17.4 Å². The summed E-state index contributed by atoms with van der Waals surface area (Å²) >= 11 is 0. The van der Waals surface area contributed by atoms with Gasteiger partial charge >= 0.3 is 0 Å². The Labute approximate surface area is 170 Å². The molecular weight excluding hydrogens is 392 g/mol. The normalized spacial score (nSPS) is 12.2. The Kier molecular flexibility index (Phi) is 5.28. The lowest BCUT2D eigenvalue weighted by Crippen LogP contribution is -2.17. The summed E-state index contributed by atoms with van der Waals surface area (Å²) in [6.45, 7) is 3.74. The van der Waals surface area contributed by atoms with Gasteiger partial charge in [0.1, 0.15) is 11.3 Å². The summed E-state index contributed by atoms with van der Waals surface area (Å²) in [5.41, 5.74) is 3.37. The first kappa shape index (κ1) is 19.7. The van der Waals surface area contributed by atoms with Crippen molar-refractivity contribution in [2.75, 3.05) is 11.9 Å². The summed E-state index contributed by atoms with van der Waals surface area (Å²) in [6, 6.07) is 10.7. The van der Waals surface area contributed by atoms with Crippen molar-refractivity contribution in [3.8, 4) is 22.9 Å². The maximum absolute atomic E-state index is 14.1. The fourth-order valence-corrected chi connectivity index (χ4v) is 2.95. The van der Waals surface area contributed by atoms with Crippen LogP contribution in [0.3, 0.4) is 0 Å². The number of rotatable bonds is 6. The number of aliphatic hydroxyl groups is 1. The molecule has 4 aromatic rings. The van der Waals surface area contributed by atoms with Crippen molar-refractivity contribution in [2.24, 2.45) is 0 Å². The number of nitrogens with zero attached hydrogens (tertiary/aromatic N) is 3. The number of aliphatic hydroxyl groups excluding tert-OH is 1. The van der Waals surface area contributed by atoms with Gasteiger partial charge in [0.2, 0.25) is 5.65 Å². The van der Waals surface area contributed by atoms with Gasteiger partial charge in [-0.2, -0.15) is 10.1 Å². The molecule has 0 saturated heterocycles. The molecule has 0 amide bonds. The summed E-state index contributed by atoms with van der Waals surface area (Å²) in [4.78, 5) is 8.92. The highest BCUT2D eigenvalue weighted by Crippen LogP contribution is 2.33. The molecule has 2 heterocycles. The van der Waals surface area contributed by atoms with Crippen molar-refractivity contribution in [3.05, 3.63) is 59.7 Å². The van der Waals surface area contributed by atoms with Gasteiger partial charge in [0.05, 0.1) is 11.8 Å². The smallest absolute Gasteiger partial charge is 0.265 e. The summed E-state index contributed by atoms with van der Waals surface area (Å²) in [5, 5.41) is 19.7. The number of aryl methyl sites for hydroxylation is 1. The second-order valence-electron chi connectivity index (χ2n) is 6.87. The lowest BCUT2D eigenvalue weighted by atomic mass is 10.1. The van der Waals surface area contributed by atoms with E-state index in [1.165, 1.54) is 0 Å². The molecule has 0 aliphatic heterocycles. The molecule has 0 radical (unpaired) electrons. The maximum atomic E-state index is 14.1. The predicted molar refractivity (Wildman–Crippen MR) is 108 cm³/mol. The highest BCUT2D eigenvalue weighted by molar-refractivity contribution is 5.89. The molecule has 0 bridgehead atoms. The van der Waals surface area contributed by atoms with Gasteiger partial charge in [0, 0.05) is 18.2 Å². The molecule has 154 valence electrons. The average Bonchev–Trinajstić information content (AvgIpc) is 3.11. The maximum Gasteiger partial charge on any atom is 0.265 e. The Morgan fingerprint density at radius 3 is 2.70 bits per heavy atom. The minimum Gasteiger partial charge on any atom is -0.433 e. The number of anilines is 1. The summed E-state index contributed by atoms with van der Waals surface area (Å²) in [7, 11) is 0. The SMILES string of the molecule is Cc1ccccc1-c1[nH]nc2nc(Oc3ccc(F)cc3F)c(NCC(C)O)nc12. The van der Waals surface area contributed by atoms with E-state index in [1.54, 1.807) is 6.92 Å². The molecule has 0 fully saturated rings. The highest BCUT2D eigenvalue weighted by Gasteiger charge is 2.19. The van der Waals surface area contributed by atoms with E-state index in [1.807, 2.05) is 31.2 Å². The van der Waals surface area contributed by atoms with Crippen molar-refractivity contribution >= 4 is 17.0 Å². The van der Waals surface area contributed by atoms with Crippen LogP contribution in [-0.2, 0) is 0 Å². The molecule has 2 aromatic heterocycles. The second kappa shape index (κ2) is 8.03. The largest absolute Gasteiger partial charge is 0.433 e. The van der Waals surface area contributed by atoms with E-state index in [4.69, 9.17) is 4.74 Å². The third kappa shape index (κ3) is 3.92. The van der Waals surface area contributed by atoms with E-state index in [0.717, 1.165) is 29.3 Å². The van der Waals surface area contributed by atoms with Crippen LogP contribution in [-0.4, -0.2) is 37.9 Å². The lowest BCUT2D eigenvalue weighted by molar-refractivity contribution is 0.208. The van der Waals surface area contributed by atoms with Crippen molar-refractivity contribution in [2.45, 2.75) is 20.0 Å². The number of hydrogen-bond acceptors (Lipinski definition) is 6. The Morgan fingerprint density at radius 1 is 1.17 bits per heavy atom. The minimum atomic E-state index is -0.874. The van der Waals surface area contributed by atoms with E-state index in [9.17, 15) is 13.9 Å². The Bertz CT molecular complexity index is 1210. The molecule has 30 heavy (non-hydrogen) atoms. The molecule has 0 aliphatic carbocycles. The van der Waals surface area contributed by atoms with E-state index in [-0.39, 0.29) is 29.6 Å². The topological polar surface area (TPSA) is 96.0 Å². The number of H-pyrrole nitrogens is 1. The van der Waals surface area contributed by atoms with Crippen LogP contribution >= 0.6 is 0 Å². The number of ether oxygens (including phenoxy) is 1. The van der Waals surface area contributed by atoms with Gasteiger partial charge in [-0.3, -0.25) is 5.10 Å². The summed E-state index contributed by atoms with van der Waals surface area (Å²) in [5.74, 6) is -1.65. The van der Waals surface area contributed by atoms with E-state index in [2.05, 4.69) is 25.5 Å². The molecule has 4 rings (SSSR count). The zero-order chi connectivity index (χ0) is 21.3. The highest BCUT2D eigenvalue weighted by atomic mass is 19.1. The van der Waals surface area contributed by atoms with Crippen LogP contribution in [0.2, 0.25) is 0 Å². The number of aromatic amines is 1. The average molecular weight is 411 g/mol. The zero-order valence-electron chi connectivity index (χ0n) is 16.3. The molecule has 1 unspecified atom stereocenters. The van der Waals surface area contributed by atoms with E-state index >= 15 is 0 Å². The van der Waals surface area contributed by atoms with Crippen LogP contribution in [0.1, 0.15) is 12.5 Å². The number of nitrogens with one attached hydrogen (secondary N) is 2. The number of fused-ring (bicyclic) bond motifs is 1. The van der Waals surface area contributed by atoms with Gasteiger partial charge in [0.25, 0.3) is 5.88 Å². The van der Waals surface area contributed by atoms with Gasteiger partial charge < -0.3 is 15.2 Å². The van der Waals surface area contributed by atoms with Gasteiger partial charge in [-0.05, 0) is 31.5 Å². The molecule has 9 heteroatoms. The van der Waals surface area contributed by atoms with Crippen LogP contribution in [0.4, 0.5) is 14.6 Å². The molecular formula is C21H19F2N5O2. The molecule has 2 aromatic carbocycles. The van der Waals surface area contributed by atoms with Crippen molar-refractivity contribution in [1.29, 1.82) is 0 Å². The monoisotopic (exact) mass is 411 g/mol. The Balaban J connectivity index is 1.81. The fourth-order valence-electron chi connectivity index (χ4n) is 2.95. The first-order valence-electron chi connectivity index (χ1n) is 9.29. The van der Waals surface area contributed by atoms with Gasteiger partial charge in [-0.15, -0.1) is 0 Å². The Hall–Kier alpha value is -3.59. The fraction of sp³-hybridized carbons (Fsp3) is 0.190. The molecule has 7 nitrogen and oxygen atoms in total. The van der Waals surface area contributed by atoms with Crippen molar-refractivity contribution in [3.63, 3.8) is 0 Å². The molecule has 0 spiro atoms. The minimum absolute atomic E-state index is 0.0449. The van der Waals surface area contributed by atoms with Crippen LogP contribution in [0.25, 0.3) is 22.4 Å². The molecule has 0 aliphatic rings. The van der Waals surface area contributed by atoms with Crippen molar-refractivity contribution < 1.29 is 18.6 Å². The van der Waals surface area contributed by atoms with Gasteiger partial charge in [-0.25, -0.2) is 13.8 Å². The molecule has 1 atom stereocenters. The van der Waals surface area contributed by atoms with E-state index < -0.39 is 17.7 Å². The zero-order valence-corrected chi connectivity index (χ0v) is 16.3. The Morgan fingerprint density at radius 2 is 1.97 bits per heavy atom. The lowest BCUT2D eigenvalue weighted by Gasteiger charge is -2.13. The van der Waals surface area contributed by atoms with E-state index in [0.29, 0.717) is 11.2 Å². The van der Waals surface area contributed by atoms with Gasteiger partial charge in [-0.1, -0.05) is 24.3 Å². The third-order valence-electron chi connectivity index (χ3n) is 4.44. The first-order valence-corrected chi connectivity index (χ1v) is 9.29. The number of benzene rings is 2. The van der Waals surface area contributed by atoms with Crippen LogP contribution < -0.4 is 10.1 Å². The van der Waals surface area contributed by atoms with Crippen LogP contribution in [0, 0.1) is 18.6 Å². The van der Waals surface area contributed by atoms with Crippen LogP contribution in [0.5, 0.6) is 11.6 Å². The molecule has 3 N–H and O–H groups in total. The predicted octanol–water partition coefficient (Wildman–Crippen LogP) is 4.19. The number of aromatic nitrogens is 4. The first-order chi connectivity index (χ1) is 14.4. The second-order valence-corrected chi connectivity index (χ2v) is 6.87. The third-order valence-corrected chi connectivity index (χ3v) is 4.44. The standard InChI is InChI=1S/C21H19F2N5O2/c1-11-5-3-4-6-14(11)17-18-19(28-27-17)26-21(20(25-18)24-10-12(2)29)30-16-8-7-13(22)9-15(16)23/h3-9,12,29H,10H2,1-2H3,(H,24,25)(H,26,27,28). The number of halogens is 2. The summed E-state index contributed by atoms with van der Waals surface area (Å²) in [6.07, 6.45) is -0.668.